The number of hydrogen-bond donors (Lipinski definition) is 1. The van der Waals surface area contributed by atoms with Crippen LogP contribution in [0.15, 0.2) is 24.3 Å². The predicted molar refractivity (Wildman–Crippen MR) is 83.4 cm³/mol. The smallest absolute Gasteiger partial charge is 0.211 e. The minimum absolute atomic E-state index is 0.146. The van der Waals surface area contributed by atoms with E-state index in [1.165, 1.54) is 43.2 Å². The van der Waals surface area contributed by atoms with Gasteiger partial charge in [0.25, 0.3) is 0 Å². The molecule has 0 radical (unpaired) electrons. The van der Waals surface area contributed by atoms with Crippen molar-refractivity contribution in [2.75, 3.05) is 12.3 Å². The van der Waals surface area contributed by atoms with Crippen molar-refractivity contribution >= 4 is 10.0 Å². The molecule has 4 heteroatoms. The molecule has 1 fully saturated rings. The molecular weight excluding hydrogens is 270 g/mol. The van der Waals surface area contributed by atoms with Crippen molar-refractivity contribution in [1.29, 1.82) is 0 Å². The topological polar surface area (TPSA) is 46.2 Å². The molecule has 1 aliphatic carbocycles. The first-order chi connectivity index (χ1) is 9.61. The van der Waals surface area contributed by atoms with E-state index in [4.69, 9.17) is 0 Å². The zero-order chi connectivity index (χ0) is 14.4. The van der Waals surface area contributed by atoms with Gasteiger partial charge in [-0.3, -0.25) is 0 Å². The summed E-state index contributed by atoms with van der Waals surface area (Å²) >= 11 is 0. The van der Waals surface area contributed by atoms with E-state index in [0.29, 0.717) is 6.54 Å². The van der Waals surface area contributed by atoms with Crippen LogP contribution in [0.5, 0.6) is 0 Å². The average molecular weight is 295 g/mol. The summed E-state index contributed by atoms with van der Waals surface area (Å²) in [7, 11) is -3.06. The van der Waals surface area contributed by atoms with Crippen LogP contribution >= 0.6 is 0 Å². The number of rotatable bonds is 6. The third-order valence-corrected chi connectivity index (χ3v) is 5.58. The lowest BCUT2D eigenvalue weighted by Gasteiger charge is -2.22. The minimum Gasteiger partial charge on any atom is -0.215 e. The average Bonchev–Trinajstić information content (AvgIpc) is 2.49. The Labute approximate surface area is 122 Å². The molecule has 0 amide bonds. The van der Waals surface area contributed by atoms with Crippen LogP contribution in [0.3, 0.4) is 0 Å². The van der Waals surface area contributed by atoms with Gasteiger partial charge < -0.3 is 0 Å². The summed E-state index contributed by atoms with van der Waals surface area (Å²) in [4.78, 5) is 0. The SMILES string of the molecule is CCS(=O)(=O)NCCc1ccc(C2CCCCC2)cc1. The van der Waals surface area contributed by atoms with Crippen LogP contribution in [0.1, 0.15) is 56.1 Å². The molecule has 1 aromatic carbocycles. The second kappa shape index (κ2) is 7.23. The highest BCUT2D eigenvalue weighted by atomic mass is 32.2. The highest BCUT2D eigenvalue weighted by Crippen LogP contribution is 2.32. The molecule has 1 aromatic rings. The highest BCUT2D eigenvalue weighted by molar-refractivity contribution is 7.89. The molecule has 1 N–H and O–H groups in total. The Hall–Kier alpha value is -0.870. The van der Waals surface area contributed by atoms with Crippen LogP contribution in [0.25, 0.3) is 0 Å². The Bertz CT molecular complexity index is 502. The van der Waals surface area contributed by atoms with E-state index in [0.717, 1.165) is 12.3 Å². The molecular formula is C16H25NO2S. The molecule has 0 heterocycles. The first kappa shape index (κ1) is 15.5. The maximum absolute atomic E-state index is 11.3. The Balaban J connectivity index is 1.85. The fourth-order valence-corrected chi connectivity index (χ4v) is 3.46. The summed E-state index contributed by atoms with van der Waals surface area (Å²) in [6.45, 7) is 2.14. The number of nitrogens with one attached hydrogen (secondary N) is 1. The van der Waals surface area contributed by atoms with Gasteiger partial charge in [0.1, 0.15) is 0 Å². The van der Waals surface area contributed by atoms with E-state index in [1.54, 1.807) is 6.92 Å². The van der Waals surface area contributed by atoms with Crippen molar-refractivity contribution in [3.05, 3.63) is 35.4 Å². The van der Waals surface area contributed by atoms with Gasteiger partial charge in [-0.05, 0) is 43.2 Å². The summed E-state index contributed by atoms with van der Waals surface area (Å²) in [6, 6.07) is 8.73. The predicted octanol–water partition coefficient (Wildman–Crippen LogP) is 3.22. The van der Waals surface area contributed by atoms with Gasteiger partial charge in [0.2, 0.25) is 10.0 Å². The number of hydrogen-bond acceptors (Lipinski definition) is 2. The zero-order valence-electron chi connectivity index (χ0n) is 12.3. The van der Waals surface area contributed by atoms with Crippen LogP contribution in [0.2, 0.25) is 0 Å². The Morgan fingerprint density at radius 2 is 1.75 bits per heavy atom. The van der Waals surface area contributed by atoms with Crippen molar-refractivity contribution in [2.45, 2.75) is 51.4 Å². The summed E-state index contributed by atoms with van der Waals surface area (Å²) < 4.78 is 25.3. The lowest BCUT2D eigenvalue weighted by atomic mass is 9.84. The zero-order valence-corrected chi connectivity index (χ0v) is 13.1. The fourth-order valence-electron chi connectivity index (χ4n) is 2.85. The van der Waals surface area contributed by atoms with Gasteiger partial charge in [-0.1, -0.05) is 43.5 Å². The third-order valence-electron chi connectivity index (χ3n) is 4.17. The Kier molecular flexibility index (Phi) is 5.61. The summed E-state index contributed by atoms with van der Waals surface area (Å²) in [5.74, 6) is 0.879. The van der Waals surface area contributed by atoms with Gasteiger partial charge in [-0.2, -0.15) is 0 Å². The van der Waals surface area contributed by atoms with E-state index >= 15 is 0 Å². The normalized spacial score (nSPS) is 17.2. The Morgan fingerprint density at radius 1 is 1.10 bits per heavy atom. The first-order valence-corrected chi connectivity index (χ1v) is 9.32. The third kappa shape index (κ3) is 4.60. The van der Waals surface area contributed by atoms with Crippen molar-refractivity contribution in [3.63, 3.8) is 0 Å². The molecule has 1 saturated carbocycles. The minimum atomic E-state index is -3.06. The van der Waals surface area contributed by atoms with E-state index in [9.17, 15) is 8.42 Å². The fraction of sp³-hybridized carbons (Fsp3) is 0.625. The summed E-state index contributed by atoms with van der Waals surface area (Å²) in [5.41, 5.74) is 2.64. The largest absolute Gasteiger partial charge is 0.215 e. The van der Waals surface area contributed by atoms with Gasteiger partial charge in [0.15, 0.2) is 0 Å². The van der Waals surface area contributed by atoms with Crippen molar-refractivity contribution < 1.29 is 8.42 Å². The number of benzene rings is 1. The van der Waals surface area contributed by atoms with Gasteiger partial charge in [-0.25, -0.2) is 13.1 Å². The lowest BCUT2D eigenvalue weighted by molar-refractivity contribution is 0.443. The molecule has 0 unspecified atom stereocenters. The van der Waals surface area contributed by atoms with E-state index in [-0.39, 0.29) is 5.75 Å². The number of sulfonamides is 1. The Morgan fingerprint density at radius 3 is 2.35 bits per heavy atom. The highest BCUT2D eigenvalue weighted by Gasteiger charge is 2.15. The summed E-state index contributed by atoms with van der Waals surface area (Å²) in [5, 5.41) is 0. The van der Waals surface area contributed by atoms with E-state index < -0.39 is 10.0 Å². The van der Waals surface area contributed by atoms with Crippen molar-refractivity contribution in [3.8, 4) is 0 Å². The lowest BCUT2D eigenvalue weighted by Crippen LogP contribution is -2.27. The maximum Gasteiger partial charge on any atom is 0.211 e. The molecule has 0 aliphatic heterocycles. The molecule has 3 nitrogen and oxygen atoms in total. The van der Waals surface area contributed by atoms with Gasteiger partial charge in [0, 0.05) is 6.54 Å². The molecule has 0 saturated heterocycles. The van der Waals surface area contributed by atoms with Gasteiger partial charge in [-0.15, -0.1) is 0 Å². The van der Waals surface area contributed by atoms with Crippen molar-refractivity contribution in [2.24, 2.45) is 0 Å². The maximum atomic E-state index is 11.3. The molecule has 0 bridgehead atoms. The molecule has 0 atom stereocenters. The van der Waals surface area contributed by atoms with Crippen LogP contribution < -0.4 is 4.72 Å². The van der Waals surface area contributed by atoms with E-state index in [2.05, 4.69) is 29.0 Å². The monoisotopic (exact) mass is 295 g/mol. The molecule has 1 aliphatic rings. The standard InChI is InChI=1S/C16H25NO2S/c1-2-20(18,19)17-13-12-14-8-10-16(11-9-14)15-6-4-3-5-7-15/h8-11,15,17H,2-7,12-13H2,1H3. The van der Waals surface area contributed by atoms with Gasteiger partial charge >= 0.3 is 0 Å². The van der Waals surface area contributed by atoms with Gasteiger partial charge in [0.05, 0.1) is 5.75 Å². The molecule has 20 heavy (non-hydrogen) atoms. The second-order valence-electron chi connectivity index (χ2n) is 5.62. The van der Waals surface area contributed by atoms with Crippen LogP contribution in [0.4, 0.5) is 0 Å². The molecule has 0 spiro atoms. The summed E-state index contributed by atoms with van der Waals surface area (Å²) in [6.07, 6.45) is 7.47. The molecule has 112 valence electrons. The van der Waals surface area contributed by atoms with Crippen molar-refractivity contribution in [1.82, 2.24) is 4.72 Å². The van der Waals surface area contributed by atoms with Crippen LogP contribution in [0, 0.1) is 0 Å². The molecule has 0 aromatic heterocycles. The van der Waals surface area contributed by atoms with Crippen LogP contribution in [-0.2, 0) is 16.4 Å². The van der Waals surface area contributed by atoms with Crippen LogP contribution in [-0.4, -0.2) is 20.7 Å². The molecule has 2 rings (SSSR count). The first-order valence-electron chi connectivity index (χ1n) is 7.67. The quantitative estimate of drug-likeness (QED) is 0.876. The second-order valence-corrected chi connectivity index (χ2v) is 7.72. The van der Waals surface area contributed by atoms with E-state index in [1.807, 2.05) is 0 Å².